The standard InChI is InChI=1S/C13H17ClN2O3S2/c14-12-8-10(4-5-11(12)13(15)20)21(18,19)16(6-7-17)9-2-1-3-9/h4-5,8-9,17H,1-3,6-7H2,(H2,15,20). The maximum absolute atomic E-state index is 12.7. The average molecular weight is 349 g/mol. The van der Waals surface area contributed by atoms with Crippen molar-refractivity contribution in [3.05, 3.63) is 28.8 Å². The van der Waals surface area contributed by atoms with Crippen LogP contribution in [0.15, 0.2) is 23.1 Å². The highest BCUT2D eigenvalue weighted by Gasteiger charge is 2.34. The fraction of sp³-hybridized carbons (Fsp3) is 0.462. The van der Waals surface area contributed by atoms with Crippen LogP contribution in [0.4, 0.5) is 0 Å². The van der Waals surface area contributed by atoms with Gasteiger partial charge in [0.15, 0.2) is 0 Å². The highest BCUT2D eigenvalue weighted by Crippen LogP contribution is 2.31. The number of benzene rings is 1. The number of thiocarbonyl (C=S) groups is 1. The molecule has 0 aromatic heterocycles. The Bertz CT molecular complexity index is 645. The van der Waals surface area contributed by atoms with Gasteiger partial charge in [-0.05, 0) is 31.0 Å². The van der Waals surface area contributed by atoms with Crippen LogP contribution < -0.4 is 5.73 Å². The minimum Gasteiger partial charge on any atom is -0.395 e. The van der Waals surface area contributed by atoms with Crippen LogP contribution in [0.3, 0.4) is 0 Å². The summed E-state index contributed by atoms with van der Waals surface area (Å²) in [6.45, 7) is -0.129. The van der Waals surface area contributed by atoms with Crippen molar-refractivity contribution in [2.45, 2.75) is 30.2 Å². The smallest absolute Gasteiger partial charge is 0.243 e. The van der Waals surface area contributed by atoms with E-state index in [1.807, 2.05) is 0 Å². The number of nitrogens with zero attached hydrogens (tertiary/aromatic N) is 1. The Morgan fingerprint density at radius 3 is 2.57 bits per heavy atom. The monoisotopic (exact) mass is 348 g/mol. The van der Waals surface area contributed by atoms with Gasteiger partial charge in [0.2, 0.25) is 10.0 Å². The molecule has 1 aromatic rings. The zero-order chi connectivity index (χ0) is 15.6. The summed E-state index contributed by atoms with van der Waals surface area (Å²) in [5.41, 5.74) is 5.96. The number of hydrogen-bond acceptors (Lipinski definition) is 4. The van der Waals surface area contributed by atoms with Crippen LogP contribution in [-0.2, 0) is 10.0 Å². The molecule has 1 aromatic carbocycles. The fourth-order valence-electron chi connectivity index (χ4n) is 2.26. The van der Waals surface area contributed by atoms with Crippen LogP contribution in [0, 0.1) is 0 Å². The highest BCUT2D eigenvalue weighted by atomic mass is 35.5. The highest BCUT2D eigenvalue weighted by molar-refractivity contribution is 7.89. The van der Waals surface area contributed by atoms with Crippen molar-refractivity contribution in [3.63, 3.8) is 0 Å². The molecule has 1 aliphatic carbocycles. The molecule has 0 heterocycles. The van der Waals surface area contributed by atoms with E-state index in [-0.39, 0.29) is 34.1 Å². The lowest BCUT2D eigenvalue weighted by Crippen LogP contribution is -2.45. The van der Waals surface area contributed by atoms with Crippen molar-refractivity contribution in [2.24, 2.45) is 5.73 Å². The van der Waals surface area contributed by atoms with Crippen LogP contribution >= 0.6 is 23.8 Å². The van der Waals surface area contributed by atoms with Crippen molar-refractivity contribution in [3.8, 4) is 0 Å². The van der Waals surface area contributed by atoms with Crippen LogP contribution in [-0.4, -0.2) is 42.0 Å². The van der Waals surface area contributed by atoms with E-state index < -0.39 is 10.0 Å². The number of rotatable bonds is 6. The summed E-state index contributed by atoms with van der Waals surface area (Å²) >= 11 is 10.9. The van der Waals surface area contributed by atoms with Crippen molar-refractivity contribution < 1.29 is 13.5 Å². The number of nitrogens with two attached hydrogens (primary N) is 1. The van der Waals surface area contributed by atoms with Crippen LogP contribution in [0.5, 0.6) is 0 Å². The average Bonchev–Trinajstić information content (AvgIpc) is 2.35. The summed E-state index contributed by atoms with van der Waals surface area (Å²) in [6.07, 6.45) is 2.64. The van der Waals surface area contributed by atoms with E-state index in [0.717, 1.165) is 19.3 Å². The lowest BCUT2D eigenvalue weighted by molar-refractivity contribution is 0.178. The molecule has 0 spiro atoms. The molecule has 1 aliphatic rings. The second-order valence-electron chi connectivity index (χ2n) is 4.93. The number of hydrogen-bond donors (Lipinski definition) is 2. The maximum Gasteiger partial charge on any atom is 0.243 e. The minimum absolute atomic E-state index is 0.0452. The molecule has 0 aliphatic heterocycles. The predicted molar refractivity (Wildman–Crippen MR) is 86.0 cm³/mol. The summed E-state index contributed by atoms with van der Waals surface area (Å²) < 4.78 is 26.7. The number of aliphatic hydroxyl groups excluding tert-OH is 1. The van der Waals surface area contributed by atoms with Crippen LogP contribution in [0.1, 0.15) is 24.8 Å². The van der Waals surface area contributed by atoms with E-state index in [2.05, 4.69) is 0 Å². The Morgan fingerprint density at radius 1 is 1.48 bits per heavy atom. The van der Waals surface area contributed by atoms with Crippen LogP contribution in [0.2, 0.25) is 5.02 Å². The van der Waals surface area contributed by atoms with E-state index >= 15 is 0 Å². The zero-order valence-corrected chi connectivity index (χ0v) is 13.7. The first-order chi connectivity index (χ1) is 9.87. The molecule has 0 saturated heterocycles. The Balaban J connectivity index is 2.37. The largest absolute Gasteiger partial charge is 0.395 e. The predicted octanol–water partition coefficient (Wildman–Crippen LogP) is 1.51. The van der Waals surface area contributed by atoms with Gasteiger partial charge in [-0.3, -0.25) is 0 Å². The Labute approximate surface area is 134 Å². The molecule has 0 amide bonds. The molecule has 0 bridgehead atoms. The lowest BCUT2D eigenvalue weighted by Gasteiger charge is -2.36. The number of halogens is 1. The Kier molecular flexibility index (Phi) is 5.21. The molecule has 3 N–H and O–H groups in total. The van der Waals surface area contributed by atoms with Gasteiger partial charge < -0.3 is 10.8 Å². The summed E-state index contributed by atoms with van der Waals surface area (Å²) in [6, 6.07) is 4.26. The topological polar surface area (TPSA) is 83.6 Å². The van der Waals surface area contributed by atoms with Crippen molar-refractivity contribution in [1.29, 1.82) is 0 Å². The van der Waals surface area contributed by atoms with Gasteiger partial charge in [0, 0.05) is 18.2 Å². The second kappa shape index (κ2) is 6.58. The first-order valence-corrected chi connectivity index (χ1v) is 8.82. The molecule has 21 heavy (non-hydrogen) atoms. The quantitative estimate of drug-likeness (QED) is 0.761. The maximum atomic E-state index is 12.7. The normalized spacial score (nSPS) is 16.0. The van der Waals surface area contributed by atoms with Gasteiger partial charge in [-0.15, -0.1) is 0 Å². The van der Waals surface area contributed by atoms with E-state index in [1.54, 1.807) is 0 Å². The van der Waals surface area contributed by atoms with E-state index in [1.165, 1.54) is 22.5 Å². The second-order valence-corrected chi connectivity index (χ2v) is 7.67. The summed E-state index contributed by atoms with van der Waals surface area (Å²) in [5.74, 6) is 0. The molecular formula is C13H17ClN2O3S2. The Morgan fingerprint density at radius 2 is 2.14 bits per heavy atom. The SMILES string of the molecule is NC(=S)c1ccc(S(=O)(=O)N(CCO)C2CCC2)cc1Cl. The number of aliphatic hydroxyl groups is 1. The first-order valence-electron chi connectivity index (χ1n) is 6.60. The van der Waals surface area contributed by atoms with E-state index in [4.69, 9.17) is 34.7 Å². The van der Waals surface area contributed by atoms with Gasteiger partial charge >= 0.3 is 0 Å². The lowest BCUT2D eigenvalue weighted by atomic mass is 9.93. The molecule has 1 saturated carbocycles. The Hall–Kier alpha value is -0.730. The molecule has 1 fully saturated rings. The van der Waals surface area contributed by atoms with Gasteiger partial charge in [0.25, 0.3) is 0 Å². The zero-order valence-electron chi connectivity index (χ0n) is 11.3. The molecule has 2 rings (SSSR count). The molecule has 8 heteroatoms. The summed E-state index contributed by atoms with van der Waals surface area (Å²) in [7, 11) is -3.68. The van der Waals surface area contributed by atoms with Crippen molar-refractivity contribution in [1.82, 2.24) is 4.31 Å². The molecule has 0 atom stereocenters. The molecular weight excluding hydrogens is 332 g/mol. The molecule has 5 nitrogen and oxygen atoms in total. The third-order valence-electron chi connectivity index (χ3n) is 3.61. The van der Waals surface area contributed by atoms with Gasteiger partial charge in [0.1, 0.15) is 4.99 Å². The molecule has 116 valence electrons. The van der Waals surface area contributed by atoms with E-state index in [0.29, 0.717) is 5.56 Å². The molecule has 0 unspecified atom stereocenters. The van der Waals surface area contributed by atoms with E-state index in [9.17, 15) is 8.42 Å². The number of sulfonamides is 1. The van der Waals surface area contributed by atoms with Gasteiger partial charge in [-0.25, -0.2) is 8.42 Å². The fourth-order valence-corrected chi connectivity index (χ4v) is 4.55. The van der Waals surface area contributed by atoms with Crippen LogP contribution in [0.25, 0.3) is 0 Å². The van der Waals surface area contributed by atoms with Gasteiger partial charge in [-0.2, -0.15) is 4.31 Å². The van der Waals surface area contributed by atoms with Crippen molar-refractivity contribution >= 4 is 38.8 Å². The molecule has 0 radical (unpaired) electrons. The summed E-state index contributed by atoms with van der Waals surface area (Å²) in [5, 5.41) is 9.33. The third kappa shape index (κ3) is 3.37. The van der Waals surface area contributed by atoms with Crippen molar-refractivity contribution in [2.75, 3.05) is 13.2 Å². The van der Waals surface area contributed by atoms with Gasteiger partial charge in [0.05, 0.1) is 16.5 Å². The minimum atomic E-state index is -3.68. The third-order valence-corrected chi connectivity index (χ3v) is 6.10. The first kappa shape index (κ1) is 16.6. The summed E-state index contributed by atoms with van der Waals surface area (Å²) in [4.78, 5) is 0.211. The van der Waals surface area contributed by atoms with Gasteiger partial charge in [-0.1, -0.05) is 30.2 Å².